The van der Waals surface area contributed by atoms with Crippen molar-refractivity contribution in [1.29, 1.82) is 0 Å². The molecule has 0 aliphatic heterocycles. The number of hydrogen-bond donors (Lipinski definition) is 1. The molecule has 1 heterocycles. The number of alkyl halides is 6. The number of nitrogens with zero attached hydrogens (tertiary/aromatic N) is 1. The van der Waals surface area contributed by atoms with E-state index in [1.54, 1.807) is 26.0 Å². The molecule has 0 amide bonds. The molecule has 11 heteroatoms. The van der Waals surface area contributed by atoms with E-state index in [9.17, 15) is 36.2 Å². The van der Waals surface area contributed by atoms with Crippen molar-refractivity contribution in [2.45, 2.75) is 77.2 Å². The van der Waals surface area contributed by atoms with E-state index in [4.69, 9.17) is 4.74 Å². The largest absolute Gasteiger partial charge is 0.466 e. The van der Waals surface area contributed by atoms with Crippen LogP contribution < -0.4 is 0 Å². The van der Waals surface area contributed by atoms with Gasteiger partial charge in [-0.15, -0.1) is 11.3 Å². The Morgan fingerprint density at radius 2 is 1.50 bits per heavy atom. The Morgan fingerprint density at radius 3 is 2.00 bits per heavy atom. The number of benzene rings is 2. The second-order valence-corrected chi connectivity index (χ2v) is 11.0. The lowest BCUT2D eigenvalue weighted by molar-refractivity contribution is -0.347. The maximum absolute atomic E-state index is 13.1. The molecule has 228 valence electrons. The molecule has 0 aliphatic carbocycles. The molecule has 1 aromatic heterocycles. The third-order valence-corrected chi connectivity index (χ3v) is 8.51. The summed E-state index contributed by atoms with van der Waals surface area (Å²) in [5.74, 6) is -0.342. The van der Waals surface area contributed by atoms with Crippen LogP contribution in [0, 0.1) is 13.8 Å². The van der Waals surface area contributed by atoms with Gasteiger partial charge >= 0.3 is 18.3 Å². The number of carbonyl (C=O) groups excluding carboxylic acids is 1. The number of aryl methyl sites for hydroxylation is 2. The minimum Gasteiger partial charge on any atom is -0.466 e. The van der Waals surface area contributed by atoms with Crippen LogP contribution in [0.3, 0.4) is 0 Å². The Labute approximate surface area is 245 Å². The van der Waals surface area contributed by atoms with Crippen LogP contribution in [0.4, 0.5) is 26.3 Å². The summed E-state index contributed by atoms with van der Waals surface area (Å²) in [6.07, 6.45) is -10.0. The van der Waals surface area contributed by atoms with E-state index in [-0.39, 0.29) is 24.0 Å². The second-order valence-electron chi connectivity index (χ2n) is 10.1. The van der Waals surface area contributed by atoms with Crippen molar-refractivity contribution in [3.05, 3.63) is 81.4 Å². The standard InChI is InChI=1S/C31H33F6NO3S/c1-6-28(7-2,22-10-9-21(19(4)15-22)13-14-29(40,30(32,33)34)31(35,36)37)23-11-12-25(20(5)16-23)27-38-24(18-42-27)17-26(39)41-8-3/h9-16,18,40H,6-8,17H2,1-5H3/b14-13+. The van der Waals surface area contributed by atoms with Crippen LogP contribution >= 0.6 is 11.3 Å². The molecule has 0 unspecified atom stereocenters. The monoisotopic (exact) mass is 613 g/mol. The molecular formula is C31H33F6NO3S. The molecule has 0 aliphatic rings. The lowest BCUT2D eigenvalue weighted by Crippen LogP contribution is -2.55. The maximum Gasteiger partial charge on any atom is 0.430 e. The summed E-state index contributed by atoms with van der Waals surface area (Å²) in [7, 11) is 0. The van der Waals surface area contributed by atoms with Crippen molar-refractivity contribution >= 4 is 23.4 Å². The van der Waals surface area contributed by atoms with Gasteiger partial charge < -0.3 is 9.84 Å². The van der Waals surface area contributed by atoms with E-state index in [2.05, 4.69) is 11.1 Å². The Hall–Kier alpha value is -3.18. The predicted octanol–water partition coefficient (Wildman–Crippen LogP) is 8.51. The summed E-state index contributed by atoms with van der Waals surface area (Å²) in [5.41, 5.74) is -0.477. The van der Waals surface area contributed by atoms with Gasteiger partial charge in [0.2, 0.25) is 0 Å². The number of aliphatic hydroxyl groups is 1. The van der Waals surface area contributed by atoms with Crippen LogP contribution in [0.25, 0.3) is 16.6 Å². The van der Waals surface area contributed by atoms with Crippen LogP contribution in [0.5, 0.6) is 0 Å². The molecule has 0 radical (unpaired) electrons. The molecule has 0 spiro atoms. The molecule has 1 N–H and O–H groups in total. The molecule has 4 nitrogen and oxygen atoms in total. The zero-order chi connectivity index (χ0) is 31.5. The molecule has 3 aromatic rings. The molecule has 0 atom stereocenters. The summed E-state index contributed by atoms with van der Waals surface area (Å²) in [6, 6.07) is 11.0. The van der Waals surface area contributed by atoms with Gasteiger partial charge in [0.15, 0.2) is 0 Å². The summed E-state index contributed by atoms with van der Waals surface area (Å²) < 4.78 is 83.7. The van der Waals surface area contributed by atoms with Crippen molar-refractivity contribution < 1.29 is 41.0 Å². The molecule has 0 bridgehead atoms. The van der Waals surface area contributed by atoms with Crippen LogP contribution in [0.1, 0.15) is 67.1 Å². The highest BCUT2D eigenvalue weighted by atomic mass is 32.1. The quantitative estimate of drug-likeness (QED) is 0.184. The van der Waals surface area contributed by atoms with Gasteiger partial charge in [0.05, 0.1) is 18.7 Å². The van der Waals surface area contributed by atoms with Gasteiger partial charge in [0, 0.05) is 16.4 Å². The second kappa shape index (κ2) is 12.6. The van der Waals surface area contributed by atoms with E-state index < -0.39 is 23.4 Å². The molecule has 0 saturated carbocycles. The van der Waals surface area contributed by atoms with Gasteiger partial charge in [0.1, 0.15) is 5.01 Å². The molecule has 2 aromatic carbocycles. The first-order valence-corrected chi connectivity index (χ1v) is 14.3. The van der Waals surface area contributed by atoms with Crippen molar-refractivity contribution in [2.75, 3.05) is 6.61 Å². The first-order chi connectivity index (χ1) is 19.5. The highest BCUT2D eigenvalue weighted by Gasteiger charge is 2.68. The van der Waals surface area contributed by atoms with E-state index in [0.29, 0.717) is 36.8 Å². The van der Waals surface area contributed by atoms with E-state index in [1.807, 2.05) is 38.3 Å². The highest BCUT2D eigenvalue weighted by Crippen LogP contribution is 2.45. The number of halogens is 6. The maximum atomic E-state index is 13.1. The third kappa shape index (κ3) is 6.57. The SMILES string of the molecule is CCOC(=O)Cc1csc(-c2ccc(C(CC)(CC)c3ccc(/C=C/C(O)(C(F)(F)F)C(F)(F)F)c(C)c3)cc2C)n1. The summed E-state index contributed by atoms with van der Waals surface area (Å²) in [5, 5.41) is 12.1. The van der Waals surface area contributed by atoms with Crippen molar-refractivity contribution in [3.63, 3.8) is 0 Å². The Balaban J connectivity index is 1.96. The lowest BCUT2D eigenvalue weighted by atomic mass is 9.69. The minimum absolute atomic E-state index is 0.0898. The number of thiazole rings is 1. The minimum atomic E-state index is -5.93. The van der Waals surface area contributed by atoms with Crippen molar-refractivity contribution in [2.24, 2.45) is 0 Å². The first kappa shape index (κ1) is 33.3. The van der Waals surface area contributed by atoms with Crippen molar-refractivity contribution in [1.82, 2.24) is 4.98 Å². The van der Waals surface area contributed by atoms with Gasteiger partial charge in [-0.25, -0.2) is 4.98 Å². The van der Waals surface area contributed by atoms with Crippen LogP contribution in [0.2, 0.25) is 0 Å². The average Bonchev–Trinajstić information content (AvgIpc) is 3.35. The van der Waals surface area contributed by atoms with Gasteiger partial charge in [-0.3, -0.25) is 4.79 Å². The fraction of sp³-hybridized carbons (Fsp3) is 0.419. The van der Waals surface area contributed by atoms with Crippen LogP contribution in [-0.4, -0.2) is 40.6 Å². The highest BCUT2D eigenvalue weighted by molar-refractivity contribution is 7.13. The average molecular weight is 614 g/mol. The lowest BCUT2D eigenvalue weighted by Gasteiger charge is -2.34. The van der Waals surface area contributed by atoms with Crippen molar-refractivity contribution in [3.8, 4) is 10.6 Å². The zero-order valence-electron chi connectivity index (χ0n) is 23.9. The third-order valence-electron chi connectivity index (χ3n) is 7.59. The Kier molecular flexibility index (Phi) is 9.99. The van der Waals surface area contributed by atoms with E-state index in [1.165, 1.54) is 17.4 Å². The number of aromatic nitrogens is 1. The number of carbonyl (C=O) groups is 1. The Bertz CT molecular complexity index is 1420. The summed E-state index contributed by atoms with van der Waals surface area (Å²) in [4.78, 5) is 16.4. The summed E-state index contributed by atoms with van der Waals surface area (Å²) in [6.45, 7) is 9.64. The number of ether oxygens (including phenoxy) is 1. The van der Waals surface area contributed by atoms with Crippen LogP contribution in [0.15, 0.2) is 47.9 Å². The molecule has 42 heavy (non-hydrogen) atoms. The Morgan fingerprint density at radius 1 is 0.929 bits per heavy atom. The first-order valence-electron chi connectivity index (χ1n) is 13.4. The smallest absolute Gasteiger partial charge is 0.430 e. The number of hydrogen-bond acceptors (Lipinski definition) is 5. The number of esters is 1. The number of rotatable bonds is 10. The van der Waals surface area contributed by atoms with E-state index >= 15 is 0 Å². The topological polar surface area (TPSA) is 59.4 Å². The van der Waals surface area contributed by atoms with Gasteiger partial charge in [0.25, 0.3) is 5.60 Å². The molecule has 3 rings (SSSR count). The predicted molar refractivity (Wildman–Crippen MR) is 151 cm³/mol. The molecular weight excluding hydrogens is 580 g/mol. The molecule has 0 fully saturated rings. The fourth-order valence-electron chi connectivity index (χ4n) is 5.03. The van der Waals surface area contributed by atoms with Gasteiger partial charge in [-0.05, 0) is 67.5 Å². The van der Waals surface area contributed by atoms with E-state index in [0.717, 1.165) is 27.3 Å². The normalized spacial score (nSPS) is 13.1. The van der Waals surface area contributed by atoms with Gasteiger partial charge in [-0.2, -0.15) is 26.3 Å². The van der Waals surface area contributed by atoms with Crippen LogP contribution in [-0.2, 0) is 21.4 Å². The summed E-state index contributed by atoms with van der Waals surface area (Å²) >= 11 is 1.43. The fourth-order valence-corrected chi connectivity index (χ4v) is 5.94. The zero-order valence-corrected chi connectivity index (χ0v) is 24.7. The molecule has 0 saturated heterocycles. The van der Waals surface area contributed by atoms with Gasteiger partial charge in [-0.1, -0.05) is 56.3 Å².